The summed E-state index contributed by atoms with van der Waals surface area (Å²) >= 11 is 0. The normalized spacial score (nSPS) is 16.0. The van der Waals surface area contributed by atoms with Gasteiger partial charge in [0.05, 0.1) is 20.3 Å². The van der Waals surface area contributed by atoms with Crippen molar-refractivity contribution in [1.29, 1.82) is 0 Å². The lowest BCUT2D eigenvalue weighted by Gasteiger charge is -2.41. The molecule has 0 aliphatic rings. The van der Waals surface area contributed by atoms with Crippen LogP contribution in [-0.4, -0.2) is 38.8 Å². The van der Waals surface area contributed by atoms with E-state index < -0.39 is 0 Å². The van der Waals surface area contributed by atoms with Gasteiger partial charge in [0, 0.05) is 17.2 Å². The molecule has 0 radical (unpaired) electrons. The molecular formula is C15H26N2O2. The Balaban J connectivity index is 3.21. The fraction of sp³-hybridized carbons (Fsp3) is 0.600. The summed E-state index contributed by atoms with van der Waals surface area (Å²) < 4.78 is 10.7. The van der Waals surface area contributed by atoms with E-state index in [1.54, 1.807) is 14.2 Å². The highest BCUT2D eigenvalue weighted by molar-refractivity contribution is 5.43. The molecule has 2 atom stereocenters. The predicted octanol–water partition coefficient (Wildman–Crippen LogP) is 2.43. The van der Waals surface area contributed by atoms with Gasteiger partial charge in [-0.05, 0) is 33.5 Å². The van der Waals surface area contributed by atoms with Crippen molar-refractivity contribution in [3.63, 3.8) is 0 Å². The van der Waals surface area contributed by atoms with Crippen LogP contribution in [0.2, 0.25) is 0 Å². The fourth-order valence-corrected chi connectivity index (χ4v) is 2.22. The van der Waals surface area contributed by atoms with Crippen LogP contribution >= 0.6 is 0 Å². The summed E-state index contributed by atoms with van der Waals surface area (Å²) in [6, 6.07) is 5.65. The van der Waals surface area contributed by atoms with E-state index in [0.29, 0.717) is 0 Å². The molecule has 1 aromatic rings. The molecule has 4 nitrogen and oxygen atoms in total. The smallest absolute Gasteiger partial charge is 0.127 e. The molecule has 0 spiro atoms. The maximum atomic E-state index is 6.49. The standard InChI is InChI=1S/C15H26N2O2/c1-7-15(2,17(3)4)14(16)12-9-8-11(18-5)10-13(12)19-6/h8-10,14H,7,16H2,1-6H3. The maximum Gasteiger partial charge on any atom is 0.127 e. The van der Waals surface area contributed by atoms with Crippen molar-refractivity contribution in [2.24, 2.45) is 5.73 Å². The van der Waals surface area contributed by atoms with Gasteiger partial charge in [-0.2, -0.15) is 0 Å². The highest BCUT2D eigenvalue weighted by Crippen LogP contribution is 2.37. The minimum absolute atomic E-state index is 0.123. The van der Waals surface area contributed by atoms with E-state index in [1.807, 2.05) is 18.2 Å². The van der Waals surface area contributed by atoms with Crippen molar-refractivity contribution in [2.45, 2.75) is 31.8 Å². The Morgan fingerprint density at radius 3 is 2.32 bits per heavy atom. The molecule has 0 aliphatic heterocycles. The average molecular weight is 266 g/mol. The molecule has 0 heterocycles. The van der Waals surface area contributed by atoms with Gasteiger partial charge >= 0.3 is 0 Å². The van der Waals surface area contributed by atoms with Crippen LogP contribution in [0.25, 0.3) is 0 Å². The van der Waals surface area contributed by atoms with E-state index in [-0.39, 0.29) is 11.6 Å². The number of benzene rings is 1. The molecule has 108 valence electrons. The largest absolute Gasteiger partial charge is 0.497 e. The van der Waals surface area contributed by atoms with E-state index in [0.717, 1.165) is 23.5 Å². The fourth-order valence-electron chi connectivity index (χ4n) is 2.22. The molecule has 0 bridgehead atoms. The van der Waals surface area contributed by atoms with Crippen molar-refractivity contribution in [3.05, 3.63) is 23.8 Å². The second-order valence-corrected chi connectivity index (χ2v) is 5.19. The maximum absolute atomic E-state index is 6.49. The lowest BCUT2D eigenvalue weighted by molar-refractivity contribution is 0.130. The molecule has 0 saturated heterocycles. The van der Waals surface area contributed by atoms with Crippen LogP contribution in [0.5, 0.6) is 11.5 Å². The first-order chi connectivity index (χ1) is 8.90. The number of nitrogens with two attached hydrogens (primary N) is 1. The molecule has 0 fully saturated rings. The van der Waals surface area contributed by atoms with E-state index in [4.69, 9.17) is 15.2 Å². The third-order valence-electron chi connectivity index (χ3n) is 4.18. The Kier molecular flexibility index (Phi) is 5.20. The van der Waals surface area contributed by atoms with E-state index in [2.05, 4.69) is 32.8 Å². The number of hydrogen-bond donors (Lipinski definition) is 1. The topological polar surface area (TPSA) is 47.7 Å². The van der Waals surface area contributed by atoms with Crippen LogP contribution in [-0.2, 0) is 0 Å². The zero-order valence-corrected chi connectivity index (χ0v) is 12.9. The summed E-state index contributed by atoms with van der Waals surface area (Å²) in [7, 11) is 7.41. The van der Waals surface area contributed by atoms with Crippen LogP contribution in [0, 0.1) is 0 Å². The van der Waals surface area contributed by atoms with Crippen molar-refractivity contribution in [1.82, 2.24) is 4.90 Å². The van der Waals surface area contributed by atoms with Gasteiger partial charge in [-0.25, -0.2) is 0 Å². The zero-order chi connectivity index (χ0) is 14.6. The van der Waals surface area contributed by atoms with E-state index in [9.17, 15) is 0 Å². The molecule has 0 amide bonds. The Morgan fingerprint density at radius 1 is 1.26 bits per heavy atom. The molecule has 0 aliphatic carbocycles. The number of rotatable bonds is 6. The monoisotopic (exact) mass is 266 g/mol. The Hall–Kier alpha value is -1.26. The first kappa shape index (κ1) is 15.8. The summed E-state index contributed by atoms with van der Waals surface area (Å²) in [6.07, 6.45) is 0.955. The van der Waals surface area contributed by atoms with E-state index >= 15 is 0 Å². The summed E-state index contributed by atoms with van der Waals surface area (Å²) in [5.74, 6) is 1.55. The lowest BCUT2D eigenvalue weighted by atomic mass is 9.83. The number of nitrogens with zero attached hydrogens (tertiary/aromatic N) is 1. The van der Waals surface area contributed by atoms with Crippen LogP contribution in [0.15, 0.2) is 18.2 Å². The minimum Gasteiger partial charge on any atom is -0.497 e. The third-order valence-corrected chi connectivity index (χ3v) is 4.18. The van der Waals surface area contributed by atoms with Crippen LogP contribution in [0.3, 0.4) is 0 Å². The van der Waals surface area contributed by atoms with Crippen LogP contribution in [0.1, 0.15) is 31.9 Å². The predicted molar refractivity (Wildman–Crippen MR) is 78.9 cm³/mol. The molecule has 1 rings (SSSR count). The first-order valence-electron chi connectivity index (χ1n) is 6.55. The van der Waals surface area contributed by atoms with Gasteiger partial charge in [-0.15, -0.1) is 0 Å². The highest BCUT2D eigenvalue weighted by atomic mass is 16.5. The van der Waals surface area contributed by atoms with Crippen molar-refractivity contribution in [3.8, 4) is 11.5 Å². The van der Waals surface area contributed by atoms with Crippen molar-refractivity contribution < 1.29 is 9.47 Å². The van der Waals surface area contributed by atoms with Crippen LogP contribution in [0.4, 0.5) is 0 Å². The summed E-state index contributed by atoms with van der Waals surface area (Å²) in [5, 5.41) is 0. The van der Waals surface area contributed by atoms with Crippen molar-refractivity contribution in [2.75, 3.05) is 28.3 Å². The van der Waals surface area contributed by atoms with Gasteiger partial charge in [0.15, 0.2) is 0 Å². The van der Waals surface area contributed by atoms with Gasteiger partial charge in [0.2, 0.25) is 0 Å². The Morgan fingerprint density at radius 2 is 1.89 bits per heavy atom. The zero-order valence-electron chi connectivity index (χ0n) is 12.9. The molecule has 2 unspecified atom stereocenters. The molecule has 0 aromatic heterocycles. The van der Waals surface area contributed by atoms with Gasteiger partial charge in [0.25, 0.3) is 0 Å². The average Bonchev–Trinajstić information content (AvgIpc) is 2.44. The first-order valence-corrected chi connectivity index (χ1v) is 6.55. The number of hydrogen-bond acceptors (Lipinski definition) is 4. The highest BCUT2D eigenvalue weighted by Gasteiger charge is 2.34. The van der Waals surface area contributed by atoms with Crippen molar-refractivity contribution >= 4 is 0 Å². The Bertz CT molecular complexity index is 421. The molecule has 4 heteroatoms. The third kappa shape index (κ3) is 3.01. The summed E-state index contributed by atoms with van der Waals surface area (Å²) in [5.41, 5.74) is 7.37. The second-order valence-electron chi connectivity index (χ2n) is 5.19. The summed E-state index contributed by atoms with van der Waals surface area (Å²) in [6.45, 7) is 4.32. The number of likely N-dealkylation sites (N-methyl/N-ethyl adjacent to an activating group) is 1. The molecule has 0 saturated carbocycles. The van der Waals surface area contributed by atoms with Gasteiger partial charge < -0.3 is 20.1 Å². The lowest BCUT2D eigenvalue weighted by Crippen LogP contribution is -2.49. The summed E-state index contributed by atoms with van der Waals surface area (Å²) in [4.78, 5) is 2.17. The number of methoxy groups -OCH3 is 2. The molecule has 19 heavy (non-hydrogen) atoms. The van der Waals surface area contributed by atoms with E-state index in [1.165, 1.54) is 0 Å². The molecular weight excluding hydrogens is 240 g/mol. The molecule has 2 N–H and O–H groups in total. The van der Waals surface area contributed by atoms with Gasteiger partial charge in [0.1, 0.15) is 11.5 Å². The number of ether oxygens (including phenoxy) is 2. The van der Waals surface area contributed by atoms with Crippen LogP contribution < -0.4 is 15.2 Å². The van der Waals surface area contributed by atoms with Gasteiger partial charge in [-0.1, -0.05) is 13.0 Å². The SMILES string of the molecule is CCC(C)(C(N)c1ccc(OC)cc1OC)N(C)C. The quantitative estimate of drug-likeness (QED) is 0.859. The minimum atomic E-state index is -0.131. The Labute approximate surface area is 116 Å². The second kappa shape index (κ2) is 6.26. The van der Waals surface area contributed by atoms with Gasteiger partial charge in [-0.3, -0.25) is 0 Å². The molecule has 1 aromatic carbocycles.